The Kier molecular flexibility index (Phi) is 7.87. The summed E-state index contributed by atoms with van der Waals surface area (Å²) in [4.78, 5) is 14.4. The first-order valence-electron chi connectivity index (χ1n) is 7.82. The average molecular weight is 326 g/mol. The van der Waals surface area contributed by atoms with Gasteiger partial charge in [-0.15, -0.1) is 12.4 Å². The lowest BCUT2D eigenvalue weighted by Gasteiger charge is -2.31. The minimum absolute atomic E-state index is 0. The Morgan fingerprint density at radius 2 is 1.91 bits per heavy atom. The number of likely N-dealkylation sites (tertiary alicyclic amines) is 1. The van der Waals surface area contributed by atoms with Crippen molar-refractivity contribution in [2.45, 2.75) is 26.7 Å². The minimum Gasteiger partial charge on any atom is -0.325 e. The standard InChI is InChI=1S/C17H27N3O.ClH/c1-13-4-5-16(10-14(13)2)19-17(21)12-20-8-6-15(7-9-20)11-18-3;/h4-5,10,15,18H,6-9,11-12H2,1-3H3,(H,19,21);1H. The van der Waals surface area contributed by atoms with E-state index < -0.39 is 0 Å². The number of nitrogens with zero attached hydrogens (tertiary/aromatic N) is 1. The second-order valence-corrected chi connectivity index (χ2v) is 6.12. The molecule has 0 aliphatic carbocycles. The van der Waals surface area contributed by atoms with Crippen LogP contribution in [0.5, 0.6) is 0 Å². The lowest BCUT2D eigenvalue weighted by molar-refractivity contribution is -0.117. The van der Waals surface area contributed by atoms with Crippen LogP contribution in [0.15, 0.2) is 18.2 Å². The Bertz CT molecular complexity index is 485. The fourth-order valence-electron chi connectivity index (χ4n) is 2.86. The van der Waals surface area contributed by atoms with E-state index in [0.717, 1.165) is 31.2 Å². The Morgan fingerprint density at radius 1 is 1.23 bits per heavy atom. The number of hydrogen-bond acceptors (Lipinski definition) is 3. The first-order valence-corrected chi connectivity index (χ1v) is 7.82. The van der Waals surface area contributed by atoms with Crippen molar-refractivity contribution in [1.82, 2.24) is 10.2 Å². The van der Waals surface area contributed by atoms with Crippen LogP contribution in [-0.2, 0) is 4.79 Å². The third-order valence-corrected chi connectivity index (χ3v) is 4.36. The maximum atomic E-state index is 12.1. The second-order valence-electron chi connectivity index (χ2n) is 6.12. The molecule has 0 saturated carbocycles. The number of aryl methyl sites for hydroxylation is 2. The topological polar surface area (TPSA) is 44.4 Å². The molecular weight excluding hydrogens is 298 g/mol. The molecule has 1 saturated heterocycles. The lowest BCUT2D eigenvalue weighted by Crippen LogP contribution is -2.40. The van der Waals surface area contributed by atoms with Gasteiger partial charge in [-0.1, -0.05) is 6.07 Å². The molecule has 22 heavy (non-hydrogen) atoms. The molecule has 0 unspecified atom stereocenters. The van der Waals surface area contributed by atoms with Crippen molar-refractivity contribution in [2.24, 2.45) is 5.92 Å². The summed E-state index contributed by atoms with van der Waals surface area (Å²) in [7, 11) is 2.00. The summed E-state index contributed by atoms with van der Waals surface area (Å²) in [5.74, 6) is 0.847. The number of hydrogen-bond donors (Lipinski definition) is 2. The molecule has 124 valence electrons. The molecule has 1 aliphatic rings. The number of piperidine rings is 1. The van der Waals surface area contributed by atoms with Crippen LogP contribution in [0.1, 0.15) is 24.0 Å². The van der Waals surface area contributed by atoms with Crippen molar-refractivity contribution in [3.05, 3.63) is 29.3 Å². The lowest BCUT2D eigenvalue weighted by atomic mass is 9.97. The molecule has 5 heteroatoms. The van der Waals surface area contributed by atoms with Gasteiger partial charge in [-0.05, 0) is 82.5 Å². The molecule has 2 rings (SSSR count). The summed E-state index contributed by atoms with van der Waals surface area (Å²) in [6.45, 7) is 7.77. The summed E-state index contributed by atoms with van der Waals surface area (Å²) < 4.78 is 0. The van der Waals surface area contributed by atoms with Crippen LogP contribution in [-0.4, -0.2) is 44.0 Å². The summed E-state index contributed by atoms with van der Waals surface area (Å²) in [6, 6.07) is 6.06. The Balaban J connectivity index is 0.00000242. The van der Waals surface area contributed by atoms with Gasteiger partial charge in [0, 0.05) is 5.69 Å². The van der Waals surface area contributed by atoms with E-state index in [0.29, 0.717) is 6.54 Å². The molecule has 0 atom stereocenters. The summed E-state index contributed by atoms with van der Waals surface area (Å²) in [5, 5.41) is 6.24. The predicted molar refractivity (Wildman–Crippen MR) is 94.9 cm³/mol. The van der Waals surface area contributed by atoms with E-state index in [2.05, 4.69) is 29.4 Å². The smallest absolute Gasteiger partial charge is 0.238 e. The van der Waals surface area contributed by atoms with E-state index in [-0.39, 0.29) is 18.3 Å². The molecular formula is C17H28ClN3O. The number of anilines is 1. The first-order chi connectivity index (χ1) is 10.1. The van der Waals surface area contributed by atoms with E-state index in [1.54, 1.807) is 0 Å². The Labute approximate surface area is 140 Å². The van der Waals surface area contributed by atoms with Gasteiger partial charge in [-0.3, -0.25) is 9.69 Å². The molecule has 1 aromatic carbocycles. The zero-order valence-corrected chi connectivity index (χ0v) is 14.6. The molecule has 2 N–H and O–H groups in total. The van der Waals surface area contributed by atoms with Gasteiger partial charge in [-0.2, -0.15) is 0 Å². The number of rotatable bonds is 5. The molecule has 4 nitrogen and oxygen atoms in total. The molecule has 0 bridgehead atoms. The molecule has 1 aliphatic heterocycles. The number of carbonyl (C=O) groups is 1. The van der Waals surface area contributed by atoms with Gasteiger partial charge in [0.25, 0.3) is 0 Å². The van der Waals surface area contributed by atoms with Crippen LogP contribution in [0.25, 0.3) is 0 Å². The molecule has 1 fully saturated rings. The van der Waals surface area contributed by atoms with Crippen LogP contribution >= 0.6 is 12.4 Å². The van der Waals surface area contributed by atoms with E-state index in [9.17, 15) is 4.79 Å². The van der Waals surface area contributed by atoms with Gasteiger partial charge in [-0.25, -0.2) is 0 Å². The predicted octanol–water partition coefficient (Wildman–Crippen LogP) is 2.60. The van der Waals surface area contributed by atoms with Crippen molar-refractivity contribution < 1.29 is 4.79 Å². The number of amides is 1. The van der Waals surface area contributed by atoms with Crippen molar-refractivity contribution in [3.63, 3.8) is 0 Å². The monoisotopic (exact) mass is 325 g/mol. The molecule has 1 aromatic rings. The fourth-order valence-corrected chi connectivity index (χ4v) is 2.86. The minimum atomic E-state index is 0. The van der Waals surface area contributed by atoms with Crippen LogP contribution in [0.3, 0.4) is 0 Å². The highest BCUT2D eigenvalue weighted by atomic mass is 35.5. The average Bonchev–Trinajstić information content (AvgIpc) is 2.45. The molecule has 0 spiro atoms. The summed E-state index contributed by atoms with van der Waals surface area (Å²) in [5.41, 5.74) is 3.36. The van der Waals surface area contributed by atoms with E-state index >= 15 is 0 Å². The normalized spacial score (nSPS) is 16.1. The zero-order valence-electron chi connectivity index (χ0n) is 13.8. The Hall–Kier alpha value is -1.10. The van der Waals surface area contributed by atoms with Gasteiger partial charge < -0.3 is 10.6 Å². The van der Waals surface area contributed by atoms with Gasteiger partial charge >= 0.3 is 0 Å². The number of halogens is 1. The van der Waals surface area contributed by atoms with Gasteiger partial charge in [0.1, 0.15) is 0 Å². The number of benzene rings is 1. The third-order valence-electron chi connectivity index (χ3n) is 4.36. The van der Waals surface area contributed by atoms with Crippen LogP contribution in [0.2, 0.25) is 0 Å². The molecule has 1 amide bonds. The van der Waals surface area contributed by atoms with Gasteiger partial charge in [0.05, 0.1) is 6.54 Å². The maximum absolute atomic E-state index is 12.1. The van der Waals surface area contributed by atoms with E-state index in [4.69, 9.17) is 0 Å². The maximum Gasteiger partial charge on any atom is 0.238 e. The van der Waals surface area contributed by atoms with Crippen molar-refractivity contribution in [2.75, 3.05) is 38.5 Å². The van der Waals surface area contributed by atoms with Crippen molar-refractivity contribution in [3.8, 4) is 0 Å². The molecule has 0 radical (unpaired) electrons. The van der Waals surface area contributed by atoms with E-state index in [1.807, 2.05) is 25.2 Å². The zero-order chi connectivity index (χ0) is 15.2. The Morgan fingerprint density at radius 3 is 2.50 bits per heavy atom. The number of carbonyl (C=O) groups excluding carboxylic acids is 1. The van der Waals surface area contributed by atoms with Gasteiger partial charge in [0.2, 0.25) is 5.91 Å². The van der Waals surface area contributed by atoms with Crippen molar-refractivity contribution >= 4 is 24.0 Å². The van der Waals surface area contributed by atoms with Crippen LogP contribution in [0.4, 0.5) is 5.69 Å². The molecule has 1 heterocycles. The SMILES string of the molecule is CNCC1CCN(CC(=O)Nc2ccc(C)c(C)c2)CC1.Cl. The highest BCUT2D eigenvalue weighted by molar-refractivity contribution is 5.92. The van der Waals surface area contributed by atoms with Crippen molar-refractivity contribution in [1.29, 1.82) is 0 Å². The van der Waals surface area contributed by atoms with Crippen LogP contribution in [0, 0.1) is 19.8 Å². The largest absolute Gasteiger partial charge is 0.325 e. The highest BCUT2D eigenvalue weighted by Gasteiger charge is 2.20. The van der Waals surface area contributed by atoms with E-state index in [1.165, 1.54) is 24.0 Å². The second kappa shape index (κ2) is 9.13. The highest BCUT2D eigenvalue weighted by Crippen LogP contribution is 2.17. The summed E-state index contributed by atoms with van der Waals surface area (Å²) >= 11 is 0. The quantitative estimate of drug-likeness (QED) is 0.874. The van der Waals surface area contributed by atoms with Gasteiger partial charge in [0.15, 0.2) is 0 Å². The fraction of sp³-hybridized carbons (Fsp3) is 0.588. The third kappa shape index (κ3) is 5.59. The first kappa shape index (κ1) is 18.9. The molecule has 0 aromatic heterocycles. The van der Waals surface area contributed by atoms with Crippen LogP contribution < -0.4 is 10.6 Å². The summed E-state index contributed by atoms with van der Waals surface area (Å²) in [6.07, 6.45) is 2.36. The number of nitrogens with one attached hydrogen (secondary N) is 2.